The zero-order valence-electron chi connectivity index (χ0n) is 13.2. The molecule has 0 aromatic rings. The fourth-order valence-electron chi connectivity index (χ4n) is 2.76. The lowest BCUT2D eigenvalue weighted by Gasteiger charge is -2.51. The van der Waals surface area contributed by atoms with Gasteiger partial charge in [0.05, 0.1) is 12.7 Å². The first-order valence-corrected chi connectivity index (χ1v) is 7.30. The molecular formula is C15H26ClNO3. The van der Waals surface area contributed by atoms with Crippen LogP contribution in [0, 0.1) is 0 Å². The summed E-state index contributed by atoms with van der Waals surface area (Å²) < 4.78 is 12.7. The topological polar surface area (TPSA) is 38.8 Å². The van der Waals surface area contributed by atoms with Gasteiger partial charge in [0.25, 0.3) is 0 Å². The van der Waals surface area contributed by atoms with Crippen molar-refractivity contribution < 1.29 is 14.3 Å². The number of carbonyl (C=O) groups is 1. The molecule has 0 aromatic heterocycles. The van der Waals surface area contributed by atoms with Gasteiger partial charge >= 0.3 is 5.97 Å². The zero-order chi connectivity index (χ0) is 15.6. The third-order valence-corrected chi connectivity index (χ3v) is 4.45. The van der Waals surface area contributed by atoms with E-state index in [1.54, 1.807) is 6.92 Å². The van der Waals surface area contributed by atoms with E-state index >= 15 is 0 Å². The normalized spacial score (nSPS) is 22.5. The lowest BCUT2D eigenvalue weighted by molar-refractivity contribution is -0.142. The molecule has 0 N–H and O–H groups in total. The molecule has 116 valence electrons. The maximum absolute atomic E-state index is 11.2. The molecule has 1 heterocycles. The average Bonchev–Trinajstić information content (AvgIpc) is 2.30. The lowest BCUT2D eigenvalue weighted by Crippen LogP contribution is -2.57. The van der Waals surface area contributed by atoms with Gasteiger partial charge in [-0.25, -0.2) is 9.21 Å². The quantitative estimate of drug-likeness (QED) is 0.338. The van der Waals surface area contributed by atoms with Crippen molar-refractivity contribution in [3.05, 3.63) is 12.2 Å². The van der Waals surface area contributed by atoms with Crippen molar-refractivity contribution in [2.24, 2.45) is 0 Å². The summed E-state index contributed by atoms with van der Waals surface area (Å²) >= 11 is 6.40. The number of piperidine rings is 1. The van der Waals surface area contributed by atoms with Crippen LogP contribution < -0.4 is 0 Å². The standard InChI is InChI=1S/C15H26ClNO3/c1-11(2)13(18)20-8-7-19-12-9-14(3,4)17(16)15(5,6)10-12/h12H,1,7-10H2,2-6H3. The number of nitrogens with zero attached hydrogens (tertiary/aromatic N) is 1. The van der Waals surface area contributed by atoms with E-state index in [2.05, 4.69) is 34.3 Å². The summed E-state index contributed by atoms with van der Waals surface area (Å²) in [7, 11) is 0. The van der Waals surface area contributed by atoms with Crippen LogP contribution in [0.1, 0.15) is 47.5 Å². The number of hydrogen-bond donors (Lipinski definition) is 0. The Bertz CT molecular complexity index is 361. The summed E-state index contributed by atoms with van der Waals surface area (Å²) in [6.07, 6.45) is 1.83. The highest BCUT2D eigenvalue weighted by Crippen LogP contribution is 2.40. The average molecular weight is 304 g/mol. The van der Waals surface area contributed by atoms with E-state index < -0.39 is 0 Å². The number of esters is 1. The van der Waals surface area contributed by atoms with E-state index in [-0.39, 0.29) is 29.8 Å². The van der Waals surface area contributed by atoms with E-state index in [4.69, 9.17) is 21.3 Å². The van der Waals surface area contributed by atoms with Gasteiger partial charge < -0.3 is 9.47 Å². The first-order chi connectivity index (χ1) is 9.06. The second kappa shape index (κ2) is 6.46. The fourth-order valence-corrected chi connectivity index (χ4v) is 2.89. The van der Waals surface area contributed by atoms with Crippen LogP contribution in [0.5, 0.6) is 0 Å². The van der Waals surface area contributed by atoms with Crippen LogP contribution in [0.25, 0.3) is 0 Å². The molecule has 0 saturated carbocycles. The van der Waals surface area contributed by atoms with E-state index in [1.165, 1.54) is 0 Å². The largest absolute Gasteiger partial charge is 0.460 e. The second-order valence-electron chi connectivity index (χ2n) is 6.72. The second-order valence-corrected chi connectivity index (χ2v) is 7.06. The Balaban J connectivity index is 2.42. The third-order valence-electron chi connectivity index (χ3n) is 3.54. The Morgan fingerprint density at radius 3 is 2.20 bits per heavy atom. The van der Waals surface area contributed by atoms with Crippen LogP contribution in [-0.2, 0) is 14.3 Å². The first kappa shape index (κ1) is 17.5. The van der Waals surface area contributed by atoms with Gasteiger partial charge in [-0.2, -0.15) is 0 Å². The van der Waals surface area contributed by atoms with Crippen LogP contribution in [0.3, 0.4) is 0 Å². The predicted molar refractivity (Wildman–Crippen MR) is 80.6 cm³/mol. The molecule has 0 unspecified atom stereocenters. The smallest absolute Gasteiger partial charge is 0.333 e. The van der Waals surface area contributed by atoms with E-state index in [0.717, 1.165) is 12.8 Å². The number of ether oxygens (including phenoxy) is 2. The summed E-state index contributed by atoms with van der Waals surface area (Å²) in [5, 5.41) is 0. The molecule has 0 bridgehead atoms. The van der Waals surface area contributed by atoms with Gasteiger partial charge in [-0.3, -0.25) is 0 Å². The van der Waals surface area contributed by atoms with E-state index in [9.17, 15) is 4.79 Å². The Labute approximate surface area is 127 Å². The monoisotopic (exact) mass is 303 g/mol. The summed E-state index contributed by atoms with van der Waals surface area (Å²) in [5.74, 6) is -0.371. The Morgan fingerprint density at radius 2 is 1.75 bits per heavy atom. The third kappa shape index (κ3) is 4.47. The highest BCUT2D eigenvalue weighted by atomic mass is 35.5. The Morgan fingerprint density at radius 1 is 1.25 bits per heavy atom. The molecule has 4 nitrogen and oxygen atoms in total. The van der Waals surface area contributed by atoms with Gasteiger partial charge in [0.15, 0.2) is 0 Å². The molecule has 1 rings (SSSR count). The van der Waals surface area contributed by atoms with E-state index in [1.807, 2.05) is 4.42 Å². The first-order valence-electron chi connectivity index (χ1n) is 6.96. The minimum absolute atomic E-state index is 0.123. The zero-order valence-corrected chi connectivity index (χ0v) is 13.9. The lowest BCUT2D eigenvalue weighted by atomic mass is 9.81. The van der Waals surface area contributed by atoms with Crippen molar-refractivity contribution in [2.75, 3.05) is 13.2 Å². The Kier molecular flexibility index (Phi) is 5.64. The Hall–Kier alpha value is -0.580. The predicted octanol–water partition coefficient (Wildman–Crippen LogP) is 3.30. The number of hydrogen-bond acceptors (Lipinski definition) is 4. The fraction of sp³-hybridized carbons (Fsp3) is 0.800. The number of halogens is 1. The minimum atomic E-state index is -0.371. The summed E-state index contributed by atoms with van der Waals surface area (Å²) in [4.78, 5) is 11.2. The molecule has 0 aliphatic carbocycles. The SMILES string of the molecule is C=C(C)C(=O)OCCOC1CC(C)(C)N(Cl)C(C)(C)C1. The molecule has 0 aromatic carbocycles. The minimum Gasteiger partial charge on any atom is -0.460 e. The molecular weight excluding hydrogens is 278 g/mol. The van der Waals surface area contributed by atoms with Gasteiger partial charge in [0, 0.05) is 16.7 Å². The van der Waals surface area contributed by atoms with Crippen molar-refractivity contribution in [2.45, 2.75) is 64.6 Å². The molecule has 5 heteroatoms. The van der Waals surface area contributed by atoms with Crippen molar-refractivity contribution in [3.63, 3.8) is 0 Å². The molecule has 1 fully saturated rings. The van der Waals surface area contributed by atoms with Crippen molar-refractivity contribution in [1.29, 1.82) is 0 Å². The molecule has 0 atom stereocenters. The van der Waals surface area contributed by atoms with Crippen molar-refractivity contribution in [1.82, 2.24) is 4.42 Å². The van der Waals surface area contributed by atoms with Gasteiger partial charge in [-0.15, -0.1) is 0 Å². The van der Waals surface area contributed by atoms with Gasteiger partial charge in [-0.1, -0.05) is 6.58 Å². The molecule has 0 spiro atoms. The summed E-state index contributed by atoms with van der Waals surface area (Å²) in [6, 6.07) is 0. The maximum Gasteiger partial charge on any atom is 0.333 e. The van der Waals surface area contributed by atoms with Gasteiger partial charge in [0.1, 0.15) is 6.61 Å². The van der Waals surface area contributed by atoms with Crippen molar-refractivity contribution in [3.8, 4) is 0 Å². The number of rotatable bonds is 5. The summed E-state index contributed by atoms with van der Waals surface area (Å²) in [5.41, 5.74) is 0.160. The van der Waals surface area contributed by atoms with Crippen LogP contribution in [0.15, 0.2) is 12.2 Å². The van der Waals surface area contributed by atoms with Crippen molar-refractivity contribution >= 4 is 17.7 Å². The maximum atomic E-state index is 11.2. The van der Waals surface area contributed by atoms with Crippen LogP contribution in [-0.4, -0.2) is 40.8 Å². The van der Waals surface area contributed by atoms with Gasteiger partial charge in [0.2, 0.25) is 0 Å². The van der Waals surface area contributed by atoms with Crippen LogP contribution in [0.2, 0.25) is 0 Å². The number of carbonyl (C=O) groups excluding carboxylic acids is 1. The molecule has 0 amide bonds. The molecule has 1 saturated heterocycles. The van der Waals surface area contributed by atoms with Gasteiger partial charge in [-0.05, 0) is 59.2 Å². The summed E-state index contributed by atoms with van der Waals surface area (Å²) in [6.45, 7) is 14.3. The van der Waals surface area contributed by atoms with Crippen LogP contribution in [0.4, 0.5) is 0 Å². The van der Waals surface area contributed by atoms with Crippen LogP contribution >= 0.6 is 11.8 Å². The molecule has 1 aliphatic rings. The van der Waals surface area contributed by atoms with E-state index in [0.29, 0.717) is 12.2 Å². The molecule has 0 radical (unpaired) electrons. The highest BCUT2D eigenvalue weighted by molar-refractivity contribution is 6.14. The molecule has 1 aliphatic heterocycles. The molecule has 20 heavy (non-hydrogen) atoms. The highest BCUT2D eigenvalue weighted by Gasteiger charge is 2.45.